The molecule has 9 N–H and O–H groups in total. The van der Waals surface area contributed by atoms with Crippen LogP contribution in [0, 0.1) is 46.3 Å². The highest BCUT2D eigenvalue weighted by molar-refractivity contribution is 5.75. The van der Waals surface area contributed by atoms with Crippen molar-refractivity contribution in [3.8, 4) is 0 Å². The fourth-order valence-corrected chi connectivity index (χ4v) is 14.6. The van der Waals surface area contributed by atoms with Crippen molar-refractivity contribution in [1.29, 1.82) is 0 Å². The second kappa shape index (κ2) is 22.8. The maximum absolute atomic E-state index is 13.3. The zero-order chi connectivity index (χ0) is 53.9. The van der Waals surface area contributed by atoms with Gasteiger partial charge in [0.25, 0.3) is 0 Å². The number of fused-ring (bicyclic) bond motifs is 7. The number of rotatable bonds is 17. The fourth-order valence-electron chi connectivity index (χ4n) is 14.6. The van der Waals surface area contributed by atoms with Crippen molar-refractivity contribution in [2.45, 2.75) is 222 Å². The highest BCUT2D eigenvalue weighted by Crippen LogP contribution is 2.70. The Morgan fingerprint density at radius 2 is 1.59 bits per heavy atom. The Morgan fingerprint density at radius 3 is 2.27 bits per heavy atom. The molecule has 27 atom stereocenters. The van der Waals surface area contributed by atoms with Gasteiger partial charge < -0.3 is 93.3 Å². The molecule has 19 unspecified atom stereocenters. The summed E-state index contributed by atoms with van der Waals surface area (Å²) in [6.07, 6.45) is -15.4. The van der Waals surface area contributed by atoms with E-state index in [1.54, 1.807) is 14.0 Å². The van der Waals surface area contributed by atoms with E-state index < -0.39 is 140 Å². The molecule has 0 spiro atoms. The molecule has 8 rings (SSSR count). The molecule has 0 bridgehead atoms. The molecule has 3 saturated carbocycles. The van der Waals surface area contributed by atoms with Gasteiger partial charge in [0, 0.05) is 38.2 Å². The van der Waals surface area contributed by atoms with Gasteiger partial charge in [-0.15, -0.1) is 0 Å². The molecule has 4 saturated heterocycles. The standard InChI is InChI=1S/C53H84O21/c1-10-24(3)38(57)47(64)70-35-22-67-50(46(45(35)69-27(6)55)73-49-44(63)41(60)39(58)26(5)68-49)72-36-18-29(56)17-28-11-12-30-31(52(28,36)8)14-15-51(7)32(30)19-33-37(51)25(4)53(65-9,74-33)16-13-23(2)21-66-48-43(62)42(61)40(59)34(20-54)71-48/h11,24-26,29-46,48-50,54,56-63H,2,10,12-22H2,1,3-9H3/t24-,25?,26?,29+,30+,31-,32-,33?,34?,35?,36?,37?,38-,39?,40?,41?,42?,43?,44?,45?,46?,48?,49?,50?,51-,52-,53?/m0/s1. The van der Waals surface area contributed by atoms with Crippen LogP contribution in [-0.4, -0.2) is 201 Å². The summed E-state index contributed by atoms with van der Waals surface area (Å²) >= 11 is 0. The third kappa shape index (κ3) is 10.5. The predicted octanol–water partition coefficient (Wildman–Crippen LogP) is 0.881. The number of hydrogen-bond donors (Lipinski definition) is 9. The van der Waals surface area contributed by atoms with E-state index >= 15 is 0 Å². The van der Waals surface area contributed by atoms with Gasteiger partial charge in [0.1, 0.15) is 42.7 Å². The van der Waals surface area contributed by atoms with Crippen LogP contribution in [0.25, 0.3) is 0 Å². The first-order valence-corrected chi connectivity index (χ1v) is 26.8. The first kappa shape index (κ1) is 57.9. The molecular weight excluding hydrogens is 973 g/mol. The van der Waals surface area contributed by atoms with Gasteiger partial charge in [-0.2, -0.15) is 0 Å². The normalized spacial score (nSPS) is 48.8. The highest BCUT2D eigenvalue weighted by atomic mass is 16.8. The van der Waals surface area contributed by atoms with Crippen LogP contribution < -0.4 is 0 Å². The summed E-state index contributed by atoms with van der Waals surface area (Å²) in [5, 5.41) is 95.3. The van der Waals surface area contributed by atoms with Gasteiger partial charge in [-0.25, -0.2) is 4.79 Å². The molecule has 0 amide bonds. The van der Waals surface area contributed by atoms with Crippen LogP contribution in [0.15, 0.2) is 23.8 Å². The van der Waals surface area contributed by atoms with Gasteiger partial charge in [0.05, 0.1) is 44.2 Å². The van der Waals surface area contributed by atoms with Crippen LogP contribution in [0.2, 0.25) is 0 Å². The SMILES string of the molecule is C=C(CCC1(OC)OC2C[C@H]3[C@@H]4CC=C5C[C@@H](O)CC(OC6OCC(OC(=O)[C@@H](O)[C@@H](C)CC)C(OC(C)=O)C6OC6OC(C)C(O)C(O)C6O)[C@]5(C)[C@H]4CC[C@]3(C)C2C1C)COC1OC(CO)C(O)C(O)C1O. The summed E-state index contributed by atoms with van der Waals surface area (Å²) in [5.74, 6) is -2.41. The number of allylic oxidation sites excluding steroid dienone is 1. The minimum atomic E-state index is -1.77. The van der Waals surface area contributed by atoms with Crippen LogP contribution in [-0.2, 0) is 57.0 Å². The van der Waals surface area contributed by atoms with Gasteiger partial charge in [-0.3, -0.25) is 4.79 Å². The lowest BCUT2D eigenvalue weighted by atomic mass is 9.46. The molecule has 74 heavy (non-hydrogen) atoms. The van der Waals surface area contributed by atoms with Gasteiger partial charge in [0.2, 0.25) is 0 Å². The molecule has 4 heterocycles. The number of carbonyl (C=O) groups excluding carboxylic acids is 2. The van der Waals surface area contributed by atoms with E-state index in [9.17, 15) is 55.5 Å². The van der Waals surface area contributed by atoms with E-state index in [0.29, 0.717) is 31.3 Å². The lowest BCUT2D eigenvalue weighted by Gasteiger charge is -2.60. The lowest BCUT2D eigenvalue weighted by Crippen LogP contribution is -2.64. The van der Waals surface area contributed by atoms with Crippen molar-refractivity contribution in [2.75, 3.05) is 26.9 Å². The number of ether oxygens (including phenoxy) is 10. The average molecular weight is 1060 g/mol. The summed E-state index contributed by atoms with van der Waals surface area (Å²) in [5.41, 5.74) is 0.978. The number of aliphatic hydroxyl groups excluding tert-OH is 9. The molecule has 7 fully saturated rings. The minimum Gasteiger partial charge on any atom is -0.455 e. The first-order chi connectivity index (χ1) is 34.9. The Bertz CT molecular complexity index is 2010. The summed E-state index contributed by atoms with van der Waals surface area (Å²) in [4.78, 5) is 26.2. The highest BCUT2D eigenvalue weighted by Gasteiger charge is 2.69. The van der Waals surface area contributed by atoms with Crippen molar-refractivity contribution in [3.63, 3.8) is 0 Å². The van der Waals surface area contributed by atoms with Gasteiger partial charge in [-0.05, 0) is 80.5 Å². The van der Waals surface area contributed by atoms with E-state index in [-0.39, 0.29) is 60.7 Å². The molecule has 4 aliphatic heterocycles. The summed E-state index contributed by atoms with van der Waals surface area (Å²) in [6.45, 7) is 16.2. The zero-order valence-corrected chi connectivity index (χ0v) is 44.1. The van der Waals surface area contributed by atoms with Gasteiger partial charge >= 0.3 is 11.9 Å². The molecule has 0 aromatic carbocycles. The first-order valence-electron chi connectivity index (χ1n) is 26.8. The van der Waals surface area contributed by atoms with E-state index in [1.807, 2.05) is 6.92 Å². The average Bonchev–Trinajstić information content (AvgIpc) is 3.83. The molecule has 21 nitrogen and oxygen atoms in total. The lowest BCUT2D eigenvalue weighted by molar-refractivity contribution is -0.363. The van der Waals surface area contributed by atoms with Crippen molar-refractivity contribution >= 4 is 11.9 Å². The maximum Gasteiger partial charge on any atom is 0.335 e. The zero-order valence-electron chi connectivity index (χ0n) is 44.1. The van der Waals surface area contributed by atoms with Gasteiger partial charge in [0.15, 0.2) is 49.1 Å². The molecule has 21 heteroatoms. The van der Waals surface area contributed by atoms with Crippen molar-refractivity contribution in [1.82, 2.24) is 0 Å². The van der Waals surface area contributed by atoms with Crippen molar-refractivity contribution in [3.05, 3.63) is 23.8 Å². The van der Waals surface area contributed by atoms with Gasteiger partial charge in [-0.1, -0.05) is 64.8 Å². The van der Waals surface area contributed by atoms with Crippen LogP contribution in [0.1, 0.15) is 106 Å². The second-order valence-electron chi connectivity index (χ2n) is 23.2. The molecule has 8 aliphatic rings. The van der Waals surface area contributed by atoms with Crippen molar-refractivity contribution < 1.29 is 103 Å². The predicted molar refractivity (Wildman–Crippen MR) is 257 cm³/mol. The number of carbonyl (C=O) groups is 2. The molecule has 0 aromatic rings. The summed E-state index contributed by atoms with van der Waals surface area (Å²) in [6, 6.07) is 0. The van der Waals surface area contributed by atoms with Crippen LogP contribution >= 0.6 is 0 Å². The number of esters is 2. The van der Waals surface area contributed by atoms with Crippen LogP contribution in [0.4, 0.5) is 0 Å². The Labute approximate surface area is 433 Å². The van der Waals surface area contributed by atoms with E-state index in [2.05, 4.69) is 33.4 Å². The monoisotopic (exact) mass is 1060 g/mol. The maximum atomic E-state index is 13.3. The molecule has 0 radical (unpaired) electrons. The Kier molecular flexibility index (Phi) is 17.9. The number of aliphatic hydroxyl groups is 9. The number of hydrogen-bond acceptors (Lipinski definition) is 21. The fraction of sp³-hybridized carbons (Fsp3) is 0.887. The smallest absolute Gasteiger partial charge is 0.335 e. The topological polar surface area (TPSA) is 309 Å². The van der Waals surface area contributed by atoms with Crippen LogP contribution in [0.5, 0.6) is 0 Å². The Balaban J connectivity index is 0.999. The second-order valence-corrected chi connectivity index (χ2v) is 23.2. The quantitative estimate of drug-likeness (QED) is 0.0722. The van der Waals surface area contributed by atoms with E-state index in [0.717, 1.165) is 31.3 Å². The third-order valence-electron chi connectivity index (χ3n) is 19.1. The molecule has 4 aliphatic carbocycles. The molecule has 0 aromatic heterocycles. The molecule has 422 valence electrons. The molecular formula is C53H84O21. The van der Waals surface area contributed by atoms with E-state index in [4.69, 9.17) is 47.4 Å². The minimum absolute atomic E-state index is 0.0120. The Hall–Kier alpha value is -2.26. The summed E-state index contributed by atoms with van der Waals surface area (Å²) in [7, 11) is 1.66. The number of methoxy groups -OCH3 is 1. The van der Waals surface area contributed by atoms with Crippen molar-refractivity contribution in [2.24, 2.45) is 46.3 Å². The summed E-state index contributed by atoms with van der Waals surface area (Å²) < 4.78 is 62.0. The largest absolute Gasteiger partial charge is 0.455 e. The Morgan fingerprint density at radius 1 is 0.892 bits per heavy atom. The van der Waals surface area contributed by atoms with Crippen LogP contribution in [0.3, 0.4) is 0 Å². The third-order valence-corrected chi connectivity index (χ3v) is 19.1. The van der Waals surface area contributed by atoms with E-state index in [1.165, 1.54) is 13.8 Å².